The molecule has 2 aliphatic rings. The van der Waals surface area contributed by atoms with Gasteiger partial charge in [-0.1, -0.05) is 0 Å². The minimum Gasteiger partial charge on any atom is -0.480 e. The fraction of sp³-hybridized carbons (Fsp3) is 0.750. The van der Waals surface area contributed by atoms with Crippen LogP contribution < -0.4 is 10.9 Å². The summed E-state index contributed by atoms with van der Waals surface area (Å²) in [5, 5.41) is 17.6. The quantitative estimate of drug-likeness (QED) is 0.491. The summed E-state index contributed by atoms with van der Waals surface area (Å²) in [6, 6.07) is -0.433. The molecule has 0 spiro atoms. The van der Waals surface area contributed by atoms with Crippen LogP contribution in [0.15, 0.2) is 5.10 Å². The Morgan fingerprint density at radius 3 is 3.12 bits per heavy atom. The summed E-state index contributed by atoms with van der Waals surface area (Å²) < 4.78 is 1.45. The van der Waals surface area contributed by atoms with E-state index in [9.17, 15) is 4.79 Å². The number of aliphatic carboxylic acids is 1. The summed E-state index contributed by atoms with van der Waals surface area (Å²) in [7, 11) is 0. The molecule has 0 aromatic heterocycles. The summed E-state index contributed by atoms with van der Waals surface area (Å²) in [6.07, 6.45) is 3.15. The van der Waals surface area contributed by atoms with E-state index >= 15 is 0 Å². The van der Waals surface area contributed by atoms with Crippen LogP contribution in [0, 0.1) is 5.92 Å². The zero-order chi connectivity index (χ0) is 11.5. The molecule has 7 nitrogen and oxygen atoms in total. The van der Waals surface area contributed by atoms with E-state index in [4.69, 9.17) is 5.11 Å². The van der Waals surface area contributed by atoms with Crippen molar-refractivity contribution >= 4 is 25.1 Å². The Labute approximate surface area is 99.0 Å². The predicted molar refractivity (Wildman–Crippen MR) is 61.3 cm³/mol. The molecule has 0 amide bonds. The van der Waals surface area contributed by atoms with Gasteiger partial charge in [0.15, 0.2) is 0 Å². The first-order valence-electron chi connectivity index (χ1n) is 5.17. The third-order valence-electron chi connectivity index (χ3n) is 2.76. The number of hydrogen-bond acceptors (Lipinski definition) is 7. The zero-order valence-electron chi connectivity index (χ0n) is 8.70. The maximum absolute atomic E-state index is 10.8. The minimum atomic E-state index is -0.779. The molecule has 8 heteroatoms. The number of rotatable bonds is 3. The van der Waals surface area contributed by atoms with Gasteiger partial charge in [-0.15, -0.1) is 10.6 Å². The number of carboxylic acid groups (broad SMARTS) is 1. The van der Waals surface area contributed by atoms with E-state index in [1.165, 1.54) is 4.41 Å². The predicted octanol–water partition coefficient (Wildman–Crippen LogP) is -0.735. The molecule has 2 heterocycles. The van der Waals surface area contributed by atoms with Crippen molar-refractivity contribution in [1.82, 2.24) is 20.4 Å². The van der Waals surface area contributed by atoms with Crippen LogP contribution >= 0.6 is 12.8 Å². The van der Waals surface area contributed by atoms with Gasteiger partial charge in [0.25, 0.3) is 0 Å². The lowest BCUT2D eigenvalue weighted by atomic mass is 9.92. The molecule has 2 rings (SSSR count). The number of hydrazone groups is 1. The second-order valence-electron chi connectivity index (χ2n) is 3.99. The van der Waals surface area contributed by atoms with Crippen molar-refractivity contribution in [2.24, 2.45) is 11.0 Å². The van der Waals surface area contributed by atoms with Gasteiger partial charge in [0.2, 0.25) is 0 Å². The molecule has 2 aliphatic heterocycles. The Bertz CT molecular complexity index is 300. The molecule has 1 fully saturated rings. The molecule has 16 heavy (non-hydrogen) atoms. The fourth-order valence-corrected chi connectivity index (χ4v) is 2.11. The van der Waals surface area contributed by atoms with Crippen molar-refractivity contribution < 1.29 is 9.90 Å². The van der Waals surface area contributed by atoms with E-state index in [1.807, 2.05) is 0 Å². The van der Waals surface area contributed by atoms with Gasteiger partial charge < -0.3 is 10.4 Å². The Morgan fingerprint density at radius 2 is 2.50 bits per heavy atom. The van der Waals surface area contributed by atoms with Crippen molar-refractivity contribution in [3.05, 3.63) is 0 Å². The molecule has 90 valence electrons. The second-order valence-corrected chi connectivity index (χ2v) is 4.42. The maximum Gasteiger partial charge on any atom is 0.320 e. The summed E-state index contributed by atoms with van der Waals surface area (Å²) in [4.78, 5) is 10.8. The highest BCUT2D eigenvalue weighted by atomic mass is 32.1. The van der Waals surface area contributed by atoms with E-state index in [0.717, 1.165) is 13.0 Å². The monoisotopic (exact) mass is 245 g/mol. The van der Waals surface area contributed by atoms with E-state index in [-0.39, 0.29) is 0 Å². The van der Waals surface area contributed by atoms with Gasteiger partial charge in [0.05, 0.1) is 6.54 Å². The number of hydrogen-bond donors (Lipinski definition) is 4. The van der Waals surface area contributed by atoms with Gasteiger partial charge in [0, 0.05) is 0 Å². The molecule has 2 atom stereocenters. The molecule has 2 unspecified atom stereocenters. The van der Waals surface area contributed by atoms with E-state index < -0.39 is 12.0 Å². The number of carboxylic acids is 1. The number of hydrazine groups is 2. The lowest BCUT2D eigenvalue weighted by Crippen LogP contribution is -2.47. The van der Waals surface area contributed by atoms with Crippen molar-refractivity contribution in [1.29, 1.82) is 0 Å². The van der Waals surface area contributed by atoms with E-state index in [1.54, 1.807) is 11.5 Å². The number of piperidine rings is 1. The maximum atomic E-state index is 10.8. The average Bonchev–Trinajstić information content (AvgIpc) is 2.64. The Hall–Kier alpha value is -0.990. The van der Waals surface area contributed by atoms with Gasteiger partial charge >= 0.3 is 5.97 Å². The van der Waals surface area contributed by atoms with Crippen molar-refractivity contribution in [3.8, 4) is 0 Å². The SMILES string of the molecule is O=C(O)C1CC(CN2N=CN(S)N2)CCN1. The highest BCUT2D eigenvalue weighted by molar-refractivity contribution is 7.78. The minimum absolute atomic E-state index is 0.326. The first kappa shape index (κ1) is 11.5. The molecule has 0 aromatic rings. The normalized spacial score (nSPS) is 29.8. The van der Waals surface area contributed by atoms with Crippen molar-refractivity contribution in [2.45, 2.75) is 18.9 Å². The lowest BCUT2D eigenvalue weighted by molar-refractivity contribution is -0.140. The fourth-order valence-electron chi connectivity index (χ4n) is 1.96. The molecule has 0 aromatic carbocycles. The van der Waals surface area contributed by atoms with Gasteiger partial charge in [0.1, 0.15) is 12.4 Å². The van der Waals surface area contributed by atoms with Gasteiger partial charge in [-0.25, -0.2) is 9.53 Å². The van der Waals surface area contributed by atoms with Crippen LogP contribution in [0.2, 0.25) is 0 Å². The van der Waals surface area contributed by atoms with Crippen molar-refractivity contribution in [2.75, 3.05) is 13.1 Å². The number of thiol groups is 1. The van der Waals surface area contributed by atoms with Gasteiger partial charge in [-0.05, 0) is 38.1 Å². The molecule has 0 radical (unpaired) electrons. The second kappa shape index (κ2) is 4.89. The van der Waals surface area contributed by atoms with Crippen LogP contribution in [-0.4, -0.2) is 46.1 Å². The first-order valence-corrected chi connectivity index (χ1v) is 5.57. The van der Waals surface area contributed by atoms with E-state index in [2.05, 4.69) is 28.8 Å². The summed E-state index contributed by atoms with van der Waals surface area (Å²) in [6.45, 7) is 1.43. The van der Waals surface area contributed by atoms with Crippen molar-refractivity contribution in [3.63, 3.8) is 0 Å². The Morgan fingerprint density at radius 1 is 1.69 bits per heavy atom. The topological polar surface area (TPSA) is 80.2 Å². The highest BCUT2D eigenvalue weighted by Crippen LogP contribution is 2.18. The first-order chi connectivity index (χ1) is 7.65. The molecular weight excluding hydrogens is 230 g/mol. The largest absolute Gasteiger partial charge is 0.480 e. The third kappa shape index (κ3) is 2.77. The third-order valence-corrected chi connectivity index (χ3v) is 2.95. The molecule has 3 N–H and O–H groups in total. The van der Waals surface area contributed by atoms with Gasteiger partial charge in [-0.2, -0.15) is 0 Å². The molecule has 0 aliphatic carbocycles. The molecule has 0 saturated carbocycles. The van der Waals surface area contributed by atoms with E-state index in [0.29, 0.717) is 18.9 Å². The average molecular weight is 245 g/mol. The smallest absolute Gasteiger partial charge is 0.320 e. The number of nitrogens with one attached hydrogen (secondary N) is 2. The molecule has 1 saturated heterocycles. The lowest BCUT2D eigenvalue weighted by Gasteiger charge is -2.30. The number of nitrogens with zero attached hydrogens (tertiary/aromatic N) is 3. The molecular formula is C8H15N5O2S. The van der Waals surface area contributed by atoms with Crippen LogP contribution in [0.1, 0.15) is 12.8 Å². The Balaban J connectivity index is 1.81. The Kier molecular flexibility index (Phi) is 3.52. The van der Waals surface area contributed by atoms with Crippen LogP contribution in [0.25, 0.3) is 0 Å². The van der Waals surface area contributed by atoms with Crippen LogP contribution in [-0.2, 0) is 4.79 Å². The van der Waals surface area contributed by atoms with Crippen LogP contribution in [0.5, 0.6) is 0 Å². The summed E-state index contributed by atoms with van der Waals surface area (Å²) in [5.41, 5.74) is 2.89. The standard InChI is InChI=1S/C8H15N5O2S/c14-8(15)7-3-6(1-2-9-7)4-12-10-5-13(16)11-12/h5-7,9,11,16H,1-4H2,(H,14,15). The van der Waals surface area contributed by atoms with Crippen LogP contribution in [0.4, 0.5) is 0 Å². The molecule has 0 bridgehead atoms. The number of carbonyl (C=O) groups is 1. The highest BCUT2D eigenvalue weighted by Gasteiger charge is 2.28. The summed E-state index contributed by atoms with van der Waals surface area (Å²) in [5.74, 6) is -0.453. The van der Waals surface area contributed by atoms with Crippen LogP contribution in [0.3, 0.4) is 0 Å². The zero-order valence-corrected chi connectivity index (χ0v) is 9.60. The van der Waals surface area contributed by atoms with Gasteiger partial charge in [-0.3, -0.25) is 4.79 Å². The summed E-state index contributed by atoms with van der Waals surface area (Å²) >= 11 is 4.04.